The highest BCUT2D eigenvalue weighted by atomic mass is 15.3. The summed E-state index contributed by atoms with van der Waals surface area (Å²) in [7, 11) is 0. The van der Waals surface area contributed by atoms with Gasteiger partial charge >= 0.3 is 0 Å². The Morgan fingerprint density at radius 3 is 2.47 bits per heavy atom. The van der Waals surface area contributed by atoms with Gasteiger partial charge in [-0.05, 0) is 25.2 Å². The fourth-order valence-corrected chi connectivity index (χ4v) is 2.12. The molecular weight excluding hydrogens is 236 g/mol. The van der Waals surface area contributed by atoms with Crippen molar-refractivity contribution in [1.82, 2.24) is 20.1 Å². The van der Waals surface area contributed by atoms with E-state index in [1.165, 1.54) is 19.3 Å². The Hall–Kier alpha value is -0.900. The minimum Gasteiger partial charge on any atom is -0.307 e. The lowest BCUT2D eigenvalue weighted by Crippen LogP contribution is -2.27. The molecule has 110 valence electrons. The van der Waals surface area contributed by atoms with Crippen LogP contribution in [0.5, 0.6) is 0 Å². The van der Waals surface area contributed by atoms with Crippen LogP contribution in [0.3, 0.4) is 0 Å². The maximum Gasteiger partial charge on any atom is 0.140 e. The predicted molar refractivity (Wildman–Crippen MR) is 79.9 cm³/mol. The first-order valence-electron chi connectivity index (χ1n) is 7.59. The van der Waals surface area contributed by atoms with Crippen LogP contribution in [0.15, 0.2) is 6.33 Å². The Kier molecular flexibility index (Phi) is 7.06. The lowest BCUT2D eigenvalue weighted by Gasteiger charge is -2.15. The van der Waals surface area contributed by atoms with Gasteiger partial charge in [0.2, 0.25) is 0 Å². The van der Waals surface area contributed by atoms with Crippen molar-refractivity contribution in [3.8, 4) is 0 Å². The Labute approximate surface area is 118 Å². The molecule has 0 bridgehead atoms. The van der Waals surface area contributed by atoms with Crippen molar-refractivity contribution in [2.45, 2.75) is 73.0 Å². The van der Waals surface area contributed by atoms with Crippen LogP contribution in [0, 0.1) is 11.8 Å². The van der Waals surface area contributed by atoms with Crippen LogP contribution in [0.25, 0.3) is 0 Å². The summed E-state index contributed by atoms with van der Waals surface area (Å²) in [5.41, 5.74) is 0. The van der Waals surface area contributed by atoms with E-state index in [1.54, 1.807) is 6.33 Å². The van der Waals surface area contributed by atoms with Crippen LogP contribution in [-0.4, -0.2) is 20.8 Å². The van der Waals surface area contributed by atoms with Crippen LogP contribution in [0.2, 0.25) is 0 Å². The molecule has 0 saturated carbocycles. The molecule has 0 fully saturated rings. The second-order valence-electron chi connectivity index (χ2n) is 6.36. The van der Waals surface area contributed by atoms with Crippen molar-refractivity contribution in [1.29, 1.82) is 0 Å². The summed E-state index contributed by atoms with van der Waals surface area (Å²) in [6.45, 7) is 13.0. The van der Waals surface area contributed by atoms with Crippen LogP contribution >= 0.6 is 0 Å². The molecule has 1 aromatic rings. The predicted octanol–water partition coefficient (Wildman–Crippen LogP) is 3.24. The minimum atomic E-state index is 0.544. The first-order chi connectivity index (χ1) is 8.99. The highest BCUT2D eigenvalue weighted by Crippen LogP contribution is 2.08. The molecule has 1 atom stereocenters. The normalized spacial score (nSPS) is 13.4. The molecule has 1 rings (SSSR count). The van der Waals surface area contributed by atoms with Gasteiger partial charge in [0.15, 0.2) is 0 Å². The molecule has 1 heterocycles. The summed E-state index contributed by atoms with van der Waals surface area (Å²) >= 11 is 0. The largest absolute Gasteiger partial charge is 0.307 e. The van der Waals surface area contributed by atoms with Crippen LogP contribution < -0.4 is 5.32 Å². The van der Waals surface area contributed by atoms with Gasteiger partial charge in [-0.3, -0.25) is 0 Å². The van der Waals surface area contributed by atoms with E-state index in [-0.39, 0.29) is 0 Å². The van der Waals surface area contributed by atoms with Gasteiger partial charge < -0.3 is 5.32 Å². The van der Waals surface area contributed by atoms with Gasteiger partial charge in [0.1, 0.15) is 12.2 Å². The van der Waals surface area contributed by atoms with E-state index in [1.807, 2.05) is 4.68 Å². The quantitative estimate of drug-likeness (QED) is 0.746. The van der Waals surface area contributed by atoms with Crippen molar-refractivity contribution in [2.24, 2.45) is 11.8 Å². The molecule has 0 aromatic carbocycles. The Bertz CT molecular complexity index is 344. The zero-order valence-corrected chi connectivity index (χ0v) is 13.2. The zero-order chi connectivity index (χ0) is 14.3. The zero-order valence-electron chi connectivity index (χ0n) is 13.2. The molecule has 4 heteroatoms. The lowest BCUT2D eigenvalue weighted by molar-refractivity contribution is 0.427. The number of nitrogens with zero attached hydrogens (tertiary/aromatic N) is 3. The molecule has 0 aliphatic carbocycles. The molecule has 0 saturated heterocycles. The number of rotatable bonds is 9. The topological polar surface area (TPSA) is 42.7 Å². The number of hydrogen-bond donors (Lipinski definition) is 1. The van der Waals surface area contributed by atoms with E-state index in [9.17, 15) is 0 Å². The monoisotopic (exact) mass is 266 g/mol. The average Bonchev–Trinajstić information content (AvgIpc) is 2.72. The number of aromatic nitrogens is 3. The van der Waals surface area contributed by atoms with Crippen molar-refractivity contribution < 1.29 is 0 Å². The molecule has 0 amide bonds. The number of hydrogen-bond acceptors (Lipinski definition) is 3. The maximum absolute atomic E-state index is 4.34. The van der Waals surface area contributed by atoms with Crippen molar-refractivity contribution >= 4 is 0 Å². The summed E-state index contributed by atoms with van der Waals surface area (Å²) in [4.78, 5) is 4.34. The van der Waals surface area contributed by atoms with Crippen molar-refractivity contribution in [3.63, 3.8) is 0 Å². The highest BCUT2D eigenvalue weighted by molar-refractivity contribution is 4.84. The van der Waals surface area contributed by atoms with Gasteiger partial charge in [-0.15, -0.1) is 0 Å². The second kappa shape index (κ2) is 8.31. The third-order valence-electron chi connectivity index (χ3n) is 3.26. The van der Waals surface area contributed by atoms with Gasteiger partial charge in [0.05, 0.1) is 6.54 Å². The van der Waals surface area contributed by atoms with Crippen LogP contribution in [-0.2, 0) is 13.1 Å². The number of nitrogens with one attached hydrogen (secondary N) is 1. The van der Waals surface area contributed by atoms with Gasteiger partial charge in [-0.2, -0.15) is 5.10 Å². The van der Waals surface area contributed by atoms with Gasteiger partial charge in [-0.25, -0.2) is 9.67 Å². The van der Waals surface area contributed by atoms with E-state index < -0.39 is 0 Å². The SMILES string of the molecule is CC(C)CCCC(C)NCc1ncnn1CC(C)C. The third kappa shape index (κ3) is 6.71. The highest BCUT2D eigenvalue weighted by Gasteiger charge is 2.08. The Morgan fingerprint density at radius 2 is 1.84 bits per heavy atom. The summed E-state index contributed by atoms with van der Waals surface area (Å²) < 4.78 is 2.01. The van der Waals surface area contributed by atoms with Crippen LogP contribution in [0.1, 0.15) is 59.7 Å². The molecule has 4 nitrogen and oxygen atoms in total. The maximum atomic E-state index is 4.34. The average molecular weight is 266 g/mol. The Balaban J connectivity index is 2.29. The minimum absolute atomic E-state index is 0.544. The summed E-state index contributed by atoms with van der Waals surface area (Å²) in [6.07, 6.45) is 5.50. The van der Waals surface area contributed by atoms with Gasteiger partial charge in [-0.1, -0.05) is 40.5 Å². The molecule has 19 heavy (non-hydrogen) atoms. The fraction of sp³-hybridized carbons (Fsp3) is 0.867. The van der Waals surface area contributed by atoms with E-state index >= 15 is 0 Å². The molecule has 0 aliphatic rings. The van der Waals surface area contributed by atoms with Gasteiger partial charge in [0.25, 0.3) is 0 Å². The summed E-state index contributed by atoms with van der Waals surface area (Å²) in [5, 5.41) is 7.83. The van der Waals surface area contributed by atoms with Gasteiger partial charge in [0, 0.05) is 12.6 Å². The molecule has 0 radical (unpaired) electrons. The van der Waals surface area contributed by atoms with Crippen molar-refractivity contribution in [2.75, 3.05) is 0 Å². The molecule has 0 spiro atoms. The first kappa shape index (κ1) is 16.2. The first-order valence-corrected chi connectivity index (χ1v) is 7.59. The smallest absolute Gasteiger partial charge is 0.140 e. The van der Waals surface area contributed by atoms with E-state index in [4.69, 9.17) is 0 Å². The molecule has 1 N–H and O–H groups in total. The fourth-order valence-electron chi connectivity index (χ4n) is 2.12. The second-order valence-corrected chi connectivity index (χ2v) is 6.36. The van der Waals surface area contributed by atoms with E-state index in [0.29, 0.717) is 12.0 Å². The van der Waals surface area contributed by atoms with Crippen molar-refractivity contribution in [3.05, 3.63) is 12.2 Å². The third-order valence-corrected chi connectivity index (χ3v) is 3.26. The molecular formula is C15H30N4. The lowest BCUT2D eigenvalue weighted by atomic mass is 10.0. The van der Waals surface area contributed by atoms with E-state index in [2.05, 4.69) is 50.0 Å². The van der Waals surface area contributed by atoms with E-state index in [0.717, 1.165) is 24.8 Å². The summed E-state index contributed by atoms with van der Waals surface area (Å²) in [6, 6.07) is 0.544. The summed E-state index contributed by atoms with van der Waals surface area (Å²) in [5.74, 6) is 2.45. The standard InChI is InChI=1S/C15H30N4/c1-12(2)7-6-8-14(5)16-9-15-17-11-18-19(15)10-13(3)4/h11-14,16H,6-10H2,1-5H3. The van der Waals surface area contributed by atoms with Crippen LogP contribution in [0.4, 0.5) is 0 Å². The molecule has 1 aromatic heterocycles. The molecule has 0 aliphatic heterocycles. The molecule has 1 unspecified atom stereocenters. The Morgan fingerprint density at radius 1 is 1.11 bits per heavy atom.